The maximum absolute atomic E-state index is 12.6. The lowest BCUT2D eigenvalue weighted by atomic mass is 9.80. The lowest BCUT2D eigenvalue weighted by molar-refractivity contribution is -0.115. The molecule has 0 unspecified atom stereocenters. The molecular weight excluding hydrogens is 390 g/mol. The summed E-state index contributed by atoms with van der Waals surface area (Å²) in [7, 11) is 0. The van der Waals surface area contributed by atoms with Crippen molar-refractivity contribution in [3.8, 4) is 5.88 Å². The van der Waals surface area contributed by atoms with E-state index in [0.717, 1.165) is 40.6 Å². The number of amides is 1. The number of anilines is 1. The molecule has 0 radical (unpaired) electrons. The zero-order valence-electron chi connectivity index (χ0n) is 17.2. The van der Waals surface area contributed by atoms with E-state index in [-0.39, 0.29) is 12.0 Å². The molecule has 156 valence electrons. The van der Waals surface area contributed by atoms with Gasteiger partial charge in [-0.25, -0.2) is 4.98 Å². The molecule has 1 fully saturated rings. The van der Waals surface area contributed by atoms with Crippen LogP contribution in [-0.4, -0.2) is 32.2 Å². The number of aryl methyl sites for hydroxylation is 1. The van der Waals surface area contributed by atoms with Crippen LogP contribution in [0.1, 0.15) is 35.7 Å². The maximum Gasteiger partial charge on any atom is 0.235 e. The lowest BCUT2D eigenvalue weighted by Crippen LogP contribution is -2.33. The monoisotopic (exact) mass is 413 g/mol. The number of ether oxygens (including phenoxy) is 1. The third-order valence-electron chi connectivity index (χ3n) is 5.75. The molecule has 2 heterocycles. The van der Waals surface area contributed by atoms with Crippen LogP contribution in [-0.2, 0) is 11.2 Å². The smallest absolute Gasteiger partial charge is 0.235 e. The summed E-state index contributed by atoms with van der Waals surface area (Å²) in [4.78, 5) is 21.0. The summed E-state index contributed by atoms with van der Waals surface area (Å²) in [5.41, 5.74) is 2.81. The molecule has 2 N–H and O–H groups in total. The van der Waals surface area contributed by atoms with E-state index >= 15 is 0 Å². The van der Waals surface area contributed by atoms with Gasteiger partial charge in [-0.3, -0.25) is 14.9 Å². The van der Waals surface area contributed by atoms with Crippen LogP contribution in [0.4, 0.5) is 5.82 Å². The topological polar surface area (TPSA) is 92.8 Å². The van der Waals surface area contributed by atoms with Crippen LogP contribution in [0.25, 0.3) is 10.8 Å². The van der Waals surface area contributed by atoms with E-state index in [2.05, 4.69) is 37.6 Å². The molecule has 2 aromatic carbocycles. The van der Waals surface area contributed by atoms with Crippen LogP contribution in [0.3, 0.4) is 0 Å². The van der Waals surface area contributed by atoms with Gasteiger partial charge in [-0.05, 0) is 36.1 Å². The molecule has 0 aliphatic heterocycles. The van der Waals surface area contributed by atoms with E-state index in [9.17, 15) is 4.79 Å². The Kier molecular flexibility index (Phi) is 5.08. The number of nitrogens with zero attached hydrogens (tertiary/aromatic N) is 3. The summed E-state index contributed by atoms with van der Waals surface area (Å²) in [6.45, 7) is 1.89. The van der Waals surface area contributed by atoms with Gasteiger partial charge in [0.2, 0.25) is 11.8 Å². The minimum absolute atomic E-state index is 0.0812. The van der Waals surface area contributed by atoms with Crippen LogP contribution in [0, 0.1) is 6.92 Å². The molecule has 1 saturated carbocycles. The minimum Gasteiger partial charge on any atom is -0.473 e. The van der Waals surface area contributed by atoms with Crippen molar-refractivity contribution in [2.45, 2.75) is 38.2 Å². The first-order valence-corrected chi connectivity index (χ1v) is 10.4. The molecular formula is C24H23N5O2. The molecule has 7 heteroatoms. The molecule has 0 saturated heterocycles. The number of rotatable bonds is 6. The number of aromatic nitrogens is 4. The van der Waals surface area contributed by atoms with Crippen molar-refractivity contribution in [2.75, 3.05) is 5.32 Å². The fourth-order valence-corrected chi connectivity index (χ4v) is 4.00. The molecule has 0 spiro atoms. The van der Waals surface area contributed by atoms with E-state index < -0.39 is 0 Å². The Morgan fingerprint density at radius 1 is 1.13 bits per heavy atom. The largest absolute Gasteiger partial charge is 0.473 e. The third kappa shape index (κ3) is 4.12. The van der Waals surface area contributed by atoms with Crippen molar-refractivity contribution in [3.05, 3.63) is 77.9 Å². The van der Waals surface area contributed by atoms with E-state index in [4.69, 9.17) is 4.74 Å². The summed E-state index contributed by atoms with van der Waals surface area (Å²) in [5.74, 6) is 1.40. The summed E-state index contributed by atoms with van der Waals surface area (Å²) >= 11 is 0. The standard InChI is InChI=1S/C24H23N5O2/c1-15-24(26-10-9-25-15)31-19-11-18(12-19)21-14-22(29-28-21)27-23(30)13-17-7-4-6-16-5-2-3-8-20(16)17/h2-10,14,18-19H,11-13H2,1H3,(H2,27,28,29,30). The predicted molar refractivity (Wildman–Crippen MR) is 118 cm³/mol. The highest BCUT2D eigenvalue weighted by atomic mass is 16.5. The number of carbonyl (C=O) groups is 1. The van der Waals surface area contributed by atoms with Crippen LogP contribution in [0.5, 0.6) is 5.88 Å². The van der Waals surface area contributed by atoms with E-state index in [1.807, 2.05) is 43.3 Å². The first kappa shape index (κ1) is 19.2. The fraction of sp³-hybridized carbons (Fsp3) is 0.250. The van der Waals surface area contributed by atoms with Crippen LogP contribution < -0.4 is 10.1 Å². The first-order valence-electron chi connectivity index (χ1n) is 10.4. The molecule has 2 aromatic heterocycles. The Bertz CT molecular complexity index is 1220. The Hall–Kier alpha value is -3.74. The lowest BCUT2D eigenvalue weighted by Gasteiger charge is -2.34. The van der Waals surface area contributed by atoms with Crippen LogP contribution in [0.2, 0.25) is 0 Å². The van der Waals surface area contributed by atoms with Gasteiger partial charge in [0, 0.05) is 30.1 Å². The second kappa shape index (κ2) is 8.18. The number of hydrogen-bond donors (Lipinski definition) is 2. The molecule has 0 bridgehead atoms. The number of nitrogens with one attached hydrogen (secondary N) is 2. The van der Waals surface area contributed by atoms with E-state index in [0.29, 0.717) is 24.0 Å². The molecule has 31 heavy (non-hydrogen) atoms. The number of benzene rings is 2. The van der Waals surface area contributed by atoms with Crippen LogP contribution >= 0.6 is 0 Å². The first-order chi connectivity index (χ1) is 15.2. The number of fused-ring (bicyclic) bond motifs is 1. The van der Waals surface area contributed by atoms with E-state index in [1.54, 1.807) is 12.4 Å². The molecule has 7 nitrogen and oxygen atoms in total. The normalized spacial score (nSPS) is 17.8. The van der Waals surface area contributed by atoms with Crippen molar-refractivity contribution < 1.29 is 9.53 Å². The highest BCUT2D eigenvalue weighted by molar-refractivity contribution is 5.95. The van der Waals surface area contributed by atoms with Crippen LogP contribution in [0.15, 0.2) is 60.9 Å². The van der Waals surface area contributed by atoms with Crippen molar-refractivity contribution >= 4 is 22.5 Å². The summed E-state index contributed by atoms with van der Waals surface area (Å²) in [5, 5.41) is 12.5. The molecule has 0 atom stereocenters. The van der Waals surface area contributed by atoms with Gasteiger partial charge in [-0.1, -0.05) is 42.5 Å². The number of hydrogen-bond acceptors (Lipinski definition) is 5. The van der Waals surface area contributed by atoms with Gasteiger partial charge >= 0.3 is 0 Å². The SMILES string of the molecule is Cc1nccnc1OC1CC(c2cc(NC(=O)Cc3cccc4ccccc34)n[nH]2)C1. The Morgan fingerprint density at radius 2 is 1.94 bits per heavy atom. The summed E-state index contributed by atoms with van der Waals surface area (Å²) < 4.78 is 5.93. The second-order valence-electron chi connectivity index (χ2n) is 7.93. The Balaban J connectivity index is 1.17. The molecule has 1 aliphatic rings. The van der Waals surface area contributed by atoms with Gasteiger partial charge in [0.1, 0.15) is 6.10 Å². The van der Waals surface area contributed by atoms with Gasteiger partial charge in [0.25, 0.3) is 0 Å². The number of carbonyl (C=O) groups excluding carboxylic acids is 1. The molecule has 1 amide bonds. The third-order valence-corrected chi connectivity index (χ3v) is 5.75. The Labute approximate surface area is 179 Å². The van der Waals surface area contributed by atoms with Crippen molar-refractivity contribution in [1.29, 1.82) is 0 Å². The second-order valence-corrected chi connectivity index (χ2v) is 7.93. The quantitative estimate of drug-likeness (QED) is 0.495. The van der Waals surface area contributed by atoms with Gasteiger partial charge < -0.3 is 10.1 Å². The highest BCUT2D eigenvalue weighted by Gasteiger charge is 2.34. The zero-order valence-corrected chi connectivity index (χ0v) is 17.2. The van der Waals surface area contributed by atoms with Gasteiger partial charge in [0.05, 0.1) is 12.1 Å². The maximum atomic E-state index is 12.6. The highest BCUT2D eigenvalue weighted by Crippen LogP contribution is 2.38. The van der Waals surface area contributed by atoms with Gasteiger partial charge in [-0.15, -0.1) is 0 Å². The van der Waals surface area contributed by atoms with E-state index in [1.165, 1.54) is 0 Å². The van der Waals surface area contributed by atoms with Crippen molar-refractivity contribution in [2.24, 2.45) is 0 Å². The van der Waals surface area contributed by atoms with Crippen molar-refractivity contribution in [3.63, 3.8) is 0 Å². The number of H-pyrrole nitrogens is 1. The summed E-state index contributed by atoms with van der Waals surface area (Å²) in [6.07, 6.45) is 5.48. The molecule has 1 aliphatic carbocycles. The summed E-state index contributed by atoms with van der Waals surface area (Å²) in [6, 6.07) is 16.0. The van der Waals surface area contributed by atoms with Gasteiger partial charge in [-0.2, -0.15) is 5.10 Å². The number of aromatic amines is 1. The minimum atomic E-state index is -0.0812. The van der Waals surface area contributed by atoms with Crippen molar-refractivity contribution in [1.82, 2.24) is 20.2 Å². The Morgan fingerprint density at radius 3 is 2.81 bits per heavy atom. The fourth-order valence-electron chi connectivity index (χ4n) is 4.00. The average Bonchev–Trinajstić information content (AvgIpc) is 3.19. The molecule has 4 aromatic rings. The zero-order chi connectivity index (χ0) is 21.2. The molecule has 5 rings (SSSR count). The van der Waals surface area contributed by atoms with Gasteiger partial charge in [0.15, 0.2) is 5.82 Å². The average molecular weight is 413 g/mol. The predicted octanol–water partition coefficient (Wildman–Crippen LogP) is 4.17.